The molecule has 0 atom stereocenters. The standard InChI is InChI=1S/C25H22N6O/c1-30-16-20(14-28-30)22-11-19-13-27-24(29-21-9-7-18(8-10-21)25(26)32)12-23(19)31(22)15-17-5-3-2-4-6-17/h2-14,16H,15H2,1H3,(H2,26,32)(H,27,29). The van der Waals surface area contributed by atoms with Crippen molar-refractivity contribution in [2.75, 3.05) is 5.32 Å². The van der Waals surface area contributed by atoms with E-state index in [-0.39, 0.29) is 0 Å². The molecular formula is C25H22N6O. The predicted molar refractivity (Wildman–Crippen MR) is 126 cm³/mol. The number of aryl methyl sites for hydroxylation is 1. The molecule has 7 nitrogen and oxygen atoms in total. The van der Waals surface area contributed by atoms with E-state index in [0.29, 0.717) is 5.56 Å². The third kappa shape index (κ3) is 3.83. The number of carbonyl (C=O) groups excluding carboxylic acids is 1. The second-order valence-electron chi connectivity index (χ2n) is 7.70. The number of fused-ring (bicyclic) bond motifs is 1. The number of nitrogens with zero attached hydrogens (tertiary/aromatic N) is 4. The Balaban J connectivity index is 1.56. The highest BCUT2D eigenvalue weighted by molar-refractivity contribution is 5.93. The number of amides is 1. The fourth-order valence-corrected chi connectivity index (χ4v) is 3.82. The summed E-state index contributed by atoms with van der Waals surface area (Å²) in [5.41, 5.74) is 11.0. The average Bonchev–Trinajstić information content (AvgIpc) is 3.38. The maximum atomic E-state index is 11.3. The Kier molecular flexibility index (Phi) is 4.91. The van der Waals surface area contributed by atoms with Crippen LogP contribution in [-0.2, 0) is 13.6 Å². The zero-order valence-electron chi connectivity index (χ0n) is 17.6. The van der Waals surface area contributed by atoms with Crippen LogP contribution in [-0.4, -0.2) is 25.2 Å². The van der Waals surface area contributed by atoms with Crippen LogP contribution < -0.4 is 11.1 Å². The number of carbonyl (C=O) groups is 1. The highest BCUT2D eigenvalue weighted by atomic mass is 16.1. The first-order valence-corrected chi connectivity index (χ1v) is 10.3. The van der Waals surface area contributed by atoms with Gasteiger partial charge >= 0.3 is 0 Å². The number of nitrogens with one attached hydrogen (secondary N) is 1. The molecule has 0 fully saturated rings. The van der Waals surface area contributed by atoms with Crippen LogP contribution in [0, 0.1) is 0 Å². The maximum Gasteiger partial charge on any atom is 0.248 e. The monoisotopic (exact) mass is 422 g/mol. The molecular weight excluding hydrogens is 400 g/mol. The number of pyridine rings is 1. The van der Waals surface area contributed by atoms with Crippen molar-refractivity contribution in [1.82, 2.24) is 19.3 Å². The van der Waals surface area contributed by atoms with Gasteiger partial charge in [0, 0.05) is 54.3 Å². The first kappa shape index (κ1) is 19.6. The molecule has 7 heteroatoms. The van der Waals surface area contributed by atoms with Crippen molar-refractivity contribution in [3.63, 3.8) is 0 Å². The molecule has 0 aliphatic heterocycles. The second kappa shape index (κ2) is 8.03. The van der Waals surface area contributed by atoms with Gasteiger partial charge in [-0.1, -0.05) is 30.3 Å². The highest BCUT2D eigenvalue weighted by Gasteiger charge is 2.14. The van der Waals surface area contributed by atoms with Gasteiger partial charge in [-0.05, 0) is 35.9 Å². The number of hydrogen-bond acceptors (Lipinski definition) is 4. The normalized spacial score (nSPS) is 11.0. The number of benzene rings is 2. The van der Waals surface area contributed by atoms with E-state index in [4.69, 9.17) is 5.73 Å². The molecule has 0 saturated heterocycles. The van der Waals surface area contributed by atoms with Crippen LogP contribution in [0.2, 0.25) is 0 Å². The van der Waals surface area contributed by atoms with Crippen LogP contribution in [0.3, 0.4) is 0 Å². The highest BCUT2D eigenvalue weighted by Crippen LogP contribution is 2.30. The van der Waals surface area contributed by atoms with Gasteiger partial charge in [-0.3, -0.25) is 9.48 Å². The number of aromatic nitrogens is 4. The lowest BCUT2D eigenvalue weighted by Gasteiger charge is -2.11. The van der Waals surface area contributed by atoms with Crippen LogP contribution in [0.5, 0.6) is 0 Å². The summed E-state index contributed by atoms with van der Waals surface area (Å²) in [4.78, 5) is 15.9. The van der Waals surface area contributed by atoms with E-state index in [0.717, 1.165) is 40.2 Å². The second-order valence-corrected chi connectivity index (χ2v) is 7.70. The number of hydrogen-bond donors (Lipinski definition) is 2. The van der Waals surface area contributed by atoms with Crippen LogP contribution in [0.1, 0.15) is 15.9 Å². The zero-order chi connectivity index (χ0) is 22.1. The lowest BCUT2D eigenvalue weighted by atomic mass is 10.2. The fourth-order valence-electron chi connectivity index (χ4n) is 3.82. The van der Waals surface area contributed by atoms with Gasteiger partial charge in [-0.2, -0.15) is 5.10 Å². The van der Waals surface area contributed by atoms with Crippen molar-refractivity contribution in [2.24, 2.45) is 12.8 Å². The van der Waals surface area contributed by atoms with Crippen LogP contribution in [0.25, 0.3) is 22.2 Å². The van der Waals surface area contributed by atoms with E-state index in [1.54, 1.807) is 16.8 Å². The smallest absolute Gasteiger partial charge is 0.248 e. The van der Waals surface area contributed by atoms with Crippen molar-refractivity contribution in [1.29, 1.82) is 0 Å². The lowest BCUT2D eigenvalue weighted by Crippen LogP contribution is -2.10. The molecule has 3 aromatic heterocycles. The quantitative estimate of drug-likeness (QED) is 0.426. The minimum atomic E-state index is -0.447. The van der Waals surface area contributed by atoms with E-state index < -0.39 is 5.91 Å². The first-order valence-electron chi connectivity index (χ1n) is 10.3. The minimum Gasteiger partial charge on any atom is -0.366 e. The van der Waals surface area contributed by atoms with Gasteiger partial charge in [-0.25, -0.2) is 4.98 Å². The largest absolute Gasteiger partial charge is 0.366 e. The van der Waals surface area contributed by atoms with E-state index >= 15 is 0 Å². The summed E-state index contributed by atoms with van der Waals surface area (Å²) in [5, 5.41) is 8.71. The molecule has 0 spiro atoms. The average molecular weight is 422 g/mol. The van der Waals surface area contributed by atoms with Crippen molar-refractivity contribution in [3.8, 4) is 11.3 Å². The Hall–Kier alpha value is -4.39. The summed E-state index contributed by atoms with van der Waals surface area (Å²) in [7, 11) is 1.92. The van der Waals surface area contributed by atoms with Crippen LogP contribution >= 0.6 is 0 Å². The molecule has 0 aliphatic carbocycles. The number of anilines is 2. The summed E-state index contributed by atoms with van der Waals surface area (Å²) < 4.78 is 4.09. The Labute approximate surface area is 185 Å². The van der Waals surface area contributed by atoms with Crippen molar-refractivity contribution in [3.05, 3.63) is 96.4 Å². The third-order valence-electron chi connectivity index (χ3n) is 5.41. The predicted octanol–water partition coefficient (Wildman–Crippen LogP) is 4.33. The third-order valence-corrected chi connectivity index (χ3v) is 5.41. The molecule has 0 saturated carbocycles. The van der Waals surface area contributed by atoms with Crippen molar-refractivity contribution < 1.29 is 4.79 Å². The van der Waals surface area contributed by atoms with Gasteiger partial charge in [-0.15, -0.1) is 0 Å². The van der Waals surface area contributed by atoms with Gasteiger partial charge in [0.1, 0.15) is 5.82 Å². The summed E-state index contributed by atoms with van der Waals surface area (Å²) in [5.74, 6) is 0.271. The Morgan fingerprint density at radius 3 is 2.50 bits per heavy atom. The van der Waals surface area contributed by atoms with E-state index in [1.807, 2.05) is 49.9 Å². The Morgan fingerprint density at radius 2 is 1.81 bits per heavy atom. The molecule has 0 bridgehead atoms. The van der Waals surface area contributed by atoms with Gasteiger partial charge < -0.3 is 15.6 Å². The van der Waals surface area contributed by atoms with E-state index in [2.05, 4.69) is 50.3 Å². The van der Waals surface area contributed by atoms with Crippen LogP contribution in [0.15, 0.2) is 85.3 Å². The number of rotatable bonds is 6. The van der Waals surface area contributed by atoms with Crippen molar-refractivity contribution in [2.45, 2.75) is 6.54 Å². The topological polar surface area (TPSA) is 90.8 Å². The Bertz CT molecular complexity index is 1400. The number of primary amides is 1. The SMILES string of the molecule is Cn1cc(-c2cc3cnc(Nc4ccc(C(N)=O)cc4)cc3n2Cc2ccccc2)cn1. The zero-order valence-corrected chi connectivity index (χ0v) is 17.6. The molecule has 5 aromatic rings. The fraction of sp³-hybridized carbons (Fsp3) is 0.0800. The first-order chi connectivity index (χ1) is 15.6. The molecule has 3 heterocycles. The van der Waals surface area contributed by atoms with Crippen LogP contribution in [0.4, 0.5) is 11.5 Å². The van der Waals surface area contributed by atoms with Gasteiger partial charge in [0.05, 0.1) is 17.4 Å². The van der Waals surface area contributed by atoms with E-state index in [1.165, 1.54) is 5.56 Å². The molecule has 5 rings (SSSR count). The van der Waals surface area contributed by atoms with E-state index in [9.17, 15) is 4.79 Å². The lowest BCUT2D eigenvalue weighted by molar-refractivity contribution is 0.100. The molecule has 0 aliphatic rings. The molecule has 158 valence electrons. The van der Waals surface area contributed by atoms with Gasteiger partial charge in [0.15, 0.2) is 0 Å². The van der Waals surface area contributed by atoms with Crippen molar-refractivity contribution >= 4 is 28.3 Å². The van der Waals surface area contributed by atoms with Gasteiger partial charge in [0.25, 0.3) is 0 Å². The molecule has 3 N–H and O–H groups in total. The minimum absolute atomic E-state index is 0.447. The molecule has 2 aromatic carbocycles. The molecule has 1 amide bonds. The summed E-state index contributed by atoms with van der Waals surface area (Å²) in [6, 6.07) is 21.6. The van der Waals surface area contributed by atoms with Gasteiger partial charge in [0.2, 0.25) is 5.91 Å². The Morgan fingerprint density at radius 1 is 1.03 bits per heavy atom. The molecule has 0 radical (unpaired) electrons. The summed E-state index contributed by atoms with van der Waals surface area (Å²) in [6.07, 6.45) is 5.77. The maximum absolute atomic E-state index is 11.3. The number of nitrogens with two attached hydrogens (primary N) is 1. The summed E-state index contributed by atoms with van der Waals surface area (Å²) in [6.45, 7) is 0.728. The molecule has 32 heavy (non-hydrogen) atoms. The molecule has 0 unspecified atom stereocenters. The summed E-state index contributed by atoms with van der Waals surface area (Å²) >= 11 is 0.